The number of hydrogen-bond acceptors (Lipinski definition) is 3. The first-order valence-electron chi connectivity index (χ1n) is 6.08. The van der Waals surface area contributed by atoms with Gasteiger partial charge in [0, 0.05) is 5.69 Å². The van der Waals surface area contributed by atoms with Crippen molar-refractivity contribution in [1.29, 1.82) is 0 Å². The van der Waals surface area contributed by atoms with Crippen LogP contribution in [-0.2, 0) is 16.0 Å². The van der Waals surface area contributed by atoms with Crippen molar-refractivity contribution in [2.45, 2.75) is 34.1 Å². The highest BCUT2D eigenvalue weighted by molar-refractivity contribution is 5.76. The number of carbonyl (C=O) groups excluding carboxylic acids is 1. The Morgan fingerprint density at radius 1 is 1.29 bits per heavy atom. The van der Waals surface area contributed by atoms with Crippen LogP contribution in [0, 0.1) is 13.8 Å². The third-order valence-corrected chi connectivity index (χ3v) is 2.88. The number of carbonyl (C=O) groups is 1. The van der Waals surface area contributed by atoms with E-state index < -0.39 is 0 Å². The molecule has 17 heavy (non-hydrogen) atoms. The van der Waals surface area contributed by atoms with Gasteiger partial charge < -0.3 is 10.1 Å². The fourth-order valence-electron chi connectivity index (χ4n) is 1.92. The Morgan fingerprint density at radius 2 is 2.00 bits per heavy atom. The average molecular weight is 235 g/mol. The average Bonchev–Trinajstić information content (AvgIpc) is 2.29. The fourth-order valence-corrected chi connectivity index (χ4v) is 1.92. The van der Waals surface area contributed by atoms with Gasteiger partial charge in [0.1, 0.15) is 6.54 Å². The highest BCUT2D eigenvalue weighted by Gasteiger charge is 2.08. The lowest BCUT2D eigenvalue weighted by Crippen LogP contribution is -2.18. The molecule has 0 aliphatic rings. The minimum Gasteiger partial charge on any atom is -0.465 e. The van der Waals surface area contributed by atoms with Crippen molar-refractivity contribution in [2.24, 2.45) is 0 Å². The first kappa shape index (κ1) is 13.6. The smallest absolute Gasteiger partial charge is 0.325 e. The molecule has 0 radical (unpaired) electrons. The van der Waals surface area contributed by atoms with Crippen LogP contribution in [0.1, 0.15) is 30.5 Å². The summed E-state index contributed by atoms with van der Waals surface area (Å²) >= 11 is 0. The van der Waals surface area contributed by atoms with Crippen LogP contribution in [0.2, 0.25) is 0 Å². The Kier molecular flexibility index (Phi) is 5.01. The van der Waals surface area contributed by atoms with Crippen LogP contribution < -0.4 is 5.32 Å². The zero-order valence-corrected chi connectivity index (χ0v) is 11.1. The third kappa shape index (κ3) is 3.48. The first-order valence-corrected chi connectivity index (χ1v) is 6.08. The third-order valence-electron chi connectivity index (χ3n) is 2.88. The van der Waals surface area contributed by atoms with E-state index in [1.54, 1.807) is 0 Å². The summed E-state index contributed by atoms with van der Waals surface area (Å²) in [5, 5.41) is 3.17. The van der Waals surface area contributed by atoms with Crippen molar-refractivity contribution < 1.29 is 9.53 Å². The molecule has 3 nitrogen and oxygen atoms in total. The molecule has 0 aromatic heterocycles. The molecule has 0 bridgehead atoms. The normalized spacial score (nSPS) is 10.1. The van der Waals surface area contributed by atoms with E-state index in [0.29, 0.717) is 6.61 Å². The highest BCUT2D eigenvalue weighted by atomic mass is 16.5. The van der Waals surface area contributed by atoms with Gasteiger partial charge in [-0.15, -0.1) is 0 Å². The maximum Gasteiger partial charge on any atom is 0.325 e. The monoisotopic (exact) mass is 235 g/mol. The Labute approximate surface area is 103 Å². The van der Waals surface area contributed by atoms with E-state index in [1.807, 2.05) is 13.8 Å². The predicted octanol–water partition coefficient (Wildman–Crippen LogP) is 2.84. The standard InChI is InChI=1S/C14H21NO2/c1-5-12-8-7-10(3)14(11(12)4)15-9-13(16)17-6-2/h7-8,15H,5-6,9H2,1-4H3. The maximum atomic E-state index is 11.3. The minimum atomic E-state index is -0.215. The Hall–Kier alpha value is -1.51. The van der Waals surface area contributed by atoms with Crippen LogP contribution in [0.25, 0.3) is 0 Å². The lowest BCUT2D eigenvalue weighted by molar-refractivity contribution is -0.140. The Balaban J connectivity index is 2.79. The summed E-state index contributed by atoms with van der Waals surface area (Å²) in [4.78, 5) is 11.3. The maximum absolute atomic E-state index is 11.3. The molecule has 0 unspecified atom stereocenters. The summed E-state index contributed by atoms with van der Waals surface area (Å²) in [6.45, 7) is 8.72. The molecule has 1 rings (SSSR count). The van der Waals surface area contributed by atoms with E-state index in [2.05, 4.69) is 31.3 Å². The molecule has 0 fully saturated rings. The quantitative estimate of drug-likeness (QED) is 0.797. The fraction of sp³-hybridized carbons (Fsp3) is 0.500. The van der Waals surface area contributed by atoms with Crippen LogP contribution in [0.5, 0.6) is 0 Å². The van der Waals surface area contributed by atoms with E-state index in [-0.39, 0.29) is 12.5 Å². The van der Waals surface area contributed by atoms with Gasteiger partial charge in [0.2, 0.25) is 0 Å². The van der Waals surface area contributed by atoms with E-state index in [1.165, 1.54) is 11.1 Å². The summed E-state index contributed by atoms with van der Waals surface area (Å²) in [6, 6.07) is 4.22. The van der Waals surface area contributed by atoms with E-state index in [4.69, 9.17) is 4.74 Å². The molecular weight excluding hydrogens is 214 g/mol. The number of anilines is 1. The lowest BCUT2D eigenvalue weighted by atomic mass is 10.0. The zero-order chi connectivity index (χ0) is 12.8. The second kappa shape index (κ2) is 6.28. The number of rotatable bonds is 5. The molecule has 0 saturated heterocycles. The first-order chi connectivity index (χ1) is 8.10. The summed E-state index contributed by atoms with van der Waals surface area (Å²) in [7, 11) is 0. The van der Waals surface area contributed by atoms with E-state index >= 15 is 0 Å². The number of nitrogens with one attached hydrogen (secondary N) is 1. The Bertz CT molecular complexity index is 399. The van der Waals surface area contributed by atoms with Gasteiger partial charge in [0.15, 0.2) is 0 Å². The number of hydrogen-bond donors (Lipinski definition) is 1. The van der Waals surface area contributed by atoms with E-state index in [0.717, 1.165) is 17.7 Å². The largest absolute Gasteiger partial charge is 0.465 e. The van der Waals surface area contributed by atoms with Crippen molar-refractivity contribution in [1.82, 2.24) is 0 Å². The number of esters is 1. The number of aryl methyl sites for hydroxylation is 2. The van der Waals surface area contributed by atoms with Gasteiger partial charge in [-0.05, 0) is 43.9 Å². The molecule has 1 aromatic rings. The van der Waals surface area contributed by atoms with Crippen molar-refractivity contribution in [3.8, 4) is 0 Å². The number of ether oxygens (including phenoxy) is 1. The molecule has 1 aromatic carbocycles. The van der Waals surface area contributed by atoms with Gasteiger partial charge in [-0.3, -0.25) is 4.79 Å². The van der Waals surface area contributed by atoms with Crippen molar-refractivity contribution in [2.75, 3.05) is 18.5 Å². The molecule has 0 aliphatic heterocycles. The second-order valence-corrected chi connectivity index (χ2v) is 4.05. The van der Waals surface area contributed by atoms with Crippen LogP contribution in [0.4, 0.5) is 5.69 Å². The minimum absolute atomic E-state index is 0.215. The molecular formula is C14H21NO2. The van der Waals surface area contributed by atoms with Crippen molar-refractivity contribution in [3.05, 3.63) is 28.8 Å². The lowest BCUT2D eigenvalue weighted by Gasteiger charge is -2.15. The van der Waals surface area contributed by atoms with Crippen LogP contribution in [0.3, 0.4) is 0 Å². The number of benzene rings is 1. The summed E-state index contributed by atoms with van der Waals surface area (Å²) < 4.78 is 4.90. The molecule has 0 saturated carbocycles. The van der Waals surface area contributed by atoms with Crippen LogP contribution in [0.15, 0.2) is 12.1 Å². The van der Waals surface area contributed by atoms with E-state index in [9.17, 15) is 4.79 Å². The van der Waals surface area contributed by atoms with Crippen molar-refractivity contribution >= 4 is 11.7 Å². The summed E-state index contributed by atoms with van der Waals surface area (Å²) in [5.41, 5.74) is 4.74. The van der Waals surface area contributed by atoms with Gasteiger partial charge >= 0.3 is 5.97 Å². The van der Waals surface area contributed by atoms with Crippen molar-refractivity contribution in [3.63, 3.8) is 0 Å². The molecule has 1 N–H and O–H groups in total. The van der Waals surface area contributed by atoms with Gasteiger partial charge in [-0.2, -0.15) is 0 Å². The highest BCUT2D eigenvalue weighted by Crippen LogP contribution is 2.23. The molecule has 0 atom stereocenters. The molecule has 0 spiro atoms. The van der Waals surface area contributed by atoms with Gasteiger partial charge in [-0.1, -0.05) is 19.1 Å². The van der Waals surface area contributed by atoms with Gasteiger partial charge in [0.25, 0.3) is 0 Å². The van der Waals surface area contributed by atoms with Gasteiger partial charge in [0.05, 0.1) is 6.61 Å². The van der Waals surface area contributed by atoms with Crippen LogP contribution in [-0.4, -0.2) is 19.1 Å². The molecule has 0 amide bonds. The molecule has 0 aliphatic carbocycles. The molecule has 3 heteroatoms. The Morgan fingerprint density at radius 3 is 2.59 bits per heavy atom. The molecule has 0 heterocycles. The summed E-state index contributed by atoms with van der Waals surface area (Å²) in [5.74, 6) is -0.215. The zero-order valence-electron chi connectivity index (χ0n) is 11.1. The predicted molar refractivity (Wildman–Crippen MR) is 70.4 cm³/mol. The second-order valence-electron chi connectivity index (χ2n) is 4.05. The van der Waals surface area contributed by atoms with Gasteiger partial charge in [-0.25, -0.2) is 0 Å². The van der Waals surface area contributed by atoms with Crippen LogP contribution >= 0.6 is 0 Å². The summed E-state index contributed by atoms with van der Waals surface area (Å²) in [6.07, 6.45) is 1.00. The SMILES string of the molecule is CCOC(=O)CNc1c(C)ccc(CC)c1C. The molecule has 94 valence electrons. The topological polar surface area (TPSA) is 38.3 Å².